The van der Waals surface area contributed by atoms with E-state index in [1.54, 1.807) is 0 Å². The quantitative estimate of drug-likeness (QED) is 0.0379. The molecule has 7 fully saturated rings. The summed E-state index contributed by atoms with van der Waals surface area (Å²) in [5.41, 5.74) is -1.85. The molecule has 88 heavy (non-hydrogen) atoms. The van der Waals surface area contributed by atoms with Gasteiger partial charge in [-0.25, -0.2) is 0 Å². The van der Waals surface area contributed by atoms with Crippen LogP contribution in [0.4, 0.5) is 0 Å². The summed E-state index contributed by atoms with van der Waals surface area (Å²) in [7, 11) is 1.41. The van der Waals surface area contributed by atoms with Crippen molar-refractivity contribution in [2.45, 2.75) is 369 Å². The maximum atomic E-state index is 13.8. The summed E-state index contributed by atoms with van der Waals surface area (Å²) in [6, 6.07) is 0. The molecule has 6 aliphatic carbocycles. The van der Waals surface area contributed by atoms with Crippen molar-refractivity contribution >= 4 is 35.8 Å². The standard InChI is InChI=1S/C35H60O7.C28H46O6.12CH4/c1-7-34(5,32(39)41-28-23-27-19-20-35(28,6)33(27,3)4)24-26(15-9-10-16-29(36)37)22-25(2)14-8-11-17-30(38)42-31-18-12-13-21-40-31;1-6-27(4,25(32)34-28-16-20-11-21(17-28)13-22(12-20)18-28)15-19(9-7-8-10-23(29)30)14-26(2,3)24(31)33-5;;;;;;;;;;;;/h25-28,31H,7-24H2,1-6H3,(H,36,37);19-22H,6-18H2,1-5H3,(H,29,30);12*1H4. The van der Waals surface area contributed by atoms with Crippen LogP contribution >= 0.6 is 0 Å². The van der Waals surface area contributed by atoms with Gasteiger partial charge in [0.2, 0.25) is 6.29 Å². The first-order chi connectivity index (χ1) is 35.7. The van der Waals surface area contributed by atoms with Crippen LogP contribution in [0.3, 0.4) is 0 Å². The Morgan fingerprint density at radius 1 is 0.568 bits per heavy atom. The van der Waals surface area contributed by atoms with Crippen molar-refractivity contribution in [2.75, 3.05) is 13.7 Å². The second kappa shape index (κ2) is 44.3. The number of rotatable bonds is 31. The number of aliphatic carboxylic acids is 2. The lowest BCUT2D eigenvalue weighted by Gasteiger charge is -2.56. The molecule has 6 saturated carbocycles. The van der Waals surface area contributed by atoms with E-state index in [0.717, 1.165) is 133 Å². The van der Waals surface area contributed by atoms with Crippen LogP contribution in [0.15, 0.2) is 0 Å². The van der Waals surface area contributed by atoms with Gasteiger partial charge in [0.05, 0.1) is 30.0 Å². The van der Waals surface area contributed by atoms with Gasteiger partial charge in [-0.3, -0.25) is 28.8 Å². The molecule has 9 unspecified atom stereocenters. The number of carbonyl (C=O) groups excluding carboxylic acids is 4. The van der Waals surface area contributed by atoms with Gasteiger partial charge in [0.1, 0.15) is 11.7 Å². The highest BCUT2D eigenvalue weighted by atomic mass is 16.7. The monoisotopic (exact) mass is 1260 g/mol. The number of esters is 4. The summed E-state index contributed by atoms with van der Waals surface area (Å²) in [6.45, 7) is 22.0. The van der Waals surface area contributed by atoms with Crippen LogP contribution in [0.1, 0.15) is 351 Å². The Morgan fingerprint density at radius 2 is 1.03 bits per heavy atom. The molecule has 7 aliphatic rings. The Morgan fingerprint density at radius 3 is 1.47 bits per heavy atom. The molecule has 7 rings (SSSR count). The van der Waals surface area contributed by atoms with E-state index in [0.29, 0.717) is 62.9 Å². The van der Waals surface area contributed by atoms with E-state index in [9.17, 15) is 28.8 Å². The molecule has 0 aromatic heterocycles. The molecule has 0 amide bonds. The molecule has 1 saturated heterocycles. The Hall–Kier alpha value is -3.22. The predicted octanol–water partition coefficient (Wildman–Crippen LogP) is 22.3. The molecule has 13 heteroatoms. The molecule has 1 aliphatic heterocycles. The molecule has 2 N–H and O–H groups in total. The van der Waals surface area contributed by atoms with Crippen LogP contribution in [0.2, 0.25) is 0 Å². The summed E-state index contributed by atoms with van der Waals surface area (Å²) in [5.74, 6) is 1.57. The van der Waals surface area contributed by atoms with Crippen LogP contribution < -0.4 is 0 Å². The lowest BCUT2D eigenvalue weighted by molar-refractivity contribution is -0.198. The topological polar surface area (TPSA) is 189 Å². The van der Waals surface area contributed by atoms with Crippen LogP contribution in [0.25, 0.3) is 0 Å². The first kappa shape index (κ1) is 101. The zero-order chi connectivity index (χ0) is 56.1. The van der Waals surface area contributed by atoms with Crippen molar-refractivity contribution in [3.05, 3.63) is 0 Å². The van der Waals surface area contributed by atoms with Crippen molar-refractivity contribution in [3.63, 3.8) is 0 Å². The van der Waals surface area contributed by atoms with E-state index >= 15 is 0 Å². The van der Waals surface area contributed by atoms with Crippen molar-refractivity contribution in [3.8, 4) is 0 Å². The smallest absolute Gasteiger partial charge is 0.312 e. The van der Waals surface area contributed by atoms with Gasteiger partial charge in [0, 0.05) is 31.1 Å². The van der Waals surface area contributed by atoms with Crippen molar-refractivity contribution in [2.24, 2.45) is 68.5 Å². The van der Waals surface area contributed by atoms with Gasteiger partial charge < -0.3 is 33.9 Å². The van der Waals surface area contributed by atoms with Crippen LogP contribution in [0.5, 0.6) is 0 Å². The predicted molar refractivity (Wildman–Crippen MR) is 374 cm³/mol. The number of unbranched alkanes of at least 4 members (excludes halogenated alkanes) is 3. The SMILES string of the molecule is C.C.C.C.C.C.C.C.C.C.C.C.CCC(C)(CC(CCCCC(=O)O)CC(C)(C)C(=O)OC)C(=O)OC12CC3CC(CC(C3)C1)C2.CCC(C)(CC(CCCCC(=O)O)CC(C)CCCCC(=O)OC1CCCCO1)C(=O)OC1CC2CCC1(C)C2(C)C. The average molecular weight is 1260 g/mol. The van der Waals surface area contributed by atoms with Gasteiger partial charge in [-0.15, -0.1) is 0 Å². The zero-order valence-corrected chi connectivity index (χ0v) is 49.5. The number of hydrogen-bond donors (Lipinski definition) is 2. The molecule has 0 aromatic carbocycles. The first-order valence-corrected chi connectivity index (χ1v) is 30.5. The third-order valence-electron chi connectivity index (χ3n) is 20.8. The number of fused-ring (bicyclic) bond motifs is 2. The van der Waals surface area contributed by atoms with E-state index in [1.165, 1.54) is 32.8 Å². The highest BCUT2D eigenvalue weighted by Gasteiger charge is 2.63. The second-order valence-electron chi connectivity index (χ2n) is 27.7. The molecule has 532 valence electrons. The van der Waals surface area contributed by atoms with Gasteiger partial charge >= 0.3 is 35.8 Å². The molecular formula is C75H154O13. The molecule has 0 radical (unpaired) electrons. The van der Waals surface area contributed by atoms with E-state index in [2.05, 4.69) is 41.5 Å². The Kier molecular flexibility index (Phi) is 50.9. The number of carbonyl (C=O) groups is 6. The van der Waals surface area contributed by atoms with E-state index in [-0.39, 0.29) is 161 Å². The summed E-state index contributed by atoms with van der Waals surface area (Å²) in [5, 5.41) is 18.1. The minimum absolute atomic E-state index is 0. The minimum atomic E-state index is -0.788. The summed E-state index contributed by atoms with van der Waals surface area (Å²) in [4.78, 5) is 74.1. The van der Waals surface area contributed by atoms with E-state index < -0.39 is 28.2 Å². The van der Waals surface area contributed by atoms with E-state index in [1.807, 2.05) is 27.7 Å². The molecule has 1 heterocycles. The van der Waals surface area contributed by atoms with Crippen molar-refractivity contribution < 1.29 is 62.7 Å². The normalized spacial score (nSPS) is 25.8. The number of carboxylic acid groups (broad SMARTS) is 2. The fourth-order valence-corrected chi connectivity index (χ4v) is 15.6. The van der Waals surface area contributed by atoms with Crippen LogP contribution in [0, 0.1) is 68.5 Å². The molecule has 6 bridgehead atoms. The van der Waals surface area contributed by atoms with Gasteiger partial charge in [-0.2, -0.15) is 0 Å². The maximum Gasteiger partial charge on any atom is 0.312 e. The van der Waals surface area contributed by atoms with Crippen LogP contribution in [-0.2, 0) is 52.5 Å². The summed E-state index contributed by atoms with van der Waals surface area (Å²) >= 11 is 0. The largest absolute Gasteiger partial charge is 0.481 e. The van der Waals surface area contributed by atoms with Crippen molar-refractivity contribution in [1.82, 2.24) is 0 Å². The van der Waals surface area contributed by atoms with Crippen molar-refractivity contribution in [1.29, 1.82) is 0 Å². The fraction of sp³-hybridized carbons (Fsp3) is 0.920. The molecular weight excluding hydrogens is 1110 g/mol. The second-order valence-corrected chi connectivity index (χ2v) is 27.7. The molecule has 0 aromatic rings. The third kappa shape index (κ3) is 27.5. The first-order valence-electron chi connectivity index (χ1n) is 30.5. The number of hydrogen-bond acceptors (Lipinski definition) is 11. The lowest BCUT2D eigenvalue weighted by atomic mass is 9.54. The molecule has 0 spiro atoms. The zero-order valence-electron chi connectivity index (χ0n) is 49.5. The Labute approximate surface area is 547 Å². The summed E-state index contributed by atoms with van der Waals surface area (Å²) in [6.07, 6.45) is 25.4. The van der Waals surface area contributed by atoms with Gasteiger partial charge in [0.15, 0.2) is 0 Å². The number of methoxy groups -OCH3 is 1. The highest BCUT2D eigenvalue weighted by Crippen LogP contribution is 2.66. The van der Waals surface area contributed by atoms with Crippen LogP contribution in [-0.4, -0.2) is 77.7 Å². The number of carboxylic acids is 2. The van der Waals surface area contributed by atoms with Gasteiger partial charge in [-0.05, 0) is 203 Å². The van der Waals surface area contributed by atoms with E-state index in [4.69, 9.17) is 33.9 Å². The van der Waals surface area contributed by atoms with Gasteiger partial charge in [-0.1, -0.05) is 169 Å². The maximum absolute atomic E-state index is 13.8. The van der Waals surface area contributed by atoms with Gasteiger partial charge in [0.25, 0.3) is 0 Å². The lowest BCUT2D eigenvalue weighted by Crippen LogP contribution is -2.54. The third-order valence-corrected chi connectivity index (χ3v) is 20.8. The highest BCUT2D eigenvalue weighted by molar-refractivity contribution is 5.78. The average Bonchev–Trinajstić information content (AvgIpc) is 3.68. The Bertz CT molecular complexity index is 1890. The number of ether oxygens (including phenoxy) is 5. The Balaban J connectivity index is -0.000000216. The minimum Gasteiger partial charge on any atom is -0.481 e. The molecule has 9 atom stereocenters. The molecule has 13 nitrogen and oxygen atoms in total. The fourth-order valence-electron chi connectivity index (χ4n) is 15.6. The summed E-state index contributed by atoms with van der Waals surface area (Å²) < 4.78 is 28.8.